The first-order chi connectivity index (χ1) is 9.82. The highest BCUT2D eigenvalue weighted by Crippen LogP contribution is 2.37. The number of hydrogen-bond donors (Lipinski definition) is 1. The maximum absolute atomic E-state index is 12.6. The summed E-state index contributed by atoms with van der Waals surface area (Å²) >= 11 is 0. The van der Waals surface area contributed by atoms with E-state index in [2.05, 4.69) is 5.32 Å². The second-order valence-electron chi connectivity index (χ2n) is 5.30. The molecule has 1 unspecified atom stereocenters. The van der Waals surface area contributed by atoms with Crippen LogP contribution in [0.1, 0.15) is 30.9 Å². The Hall–Kier alpha value is -1.63. The van der Waals surface area contributed by atoms with Gasteiger partial charge in [-0.05, 0) is 37.8 Å². The number of nitro benzene ring substituents is 1. The highest BCUT2D eigenvalue weighted by molar-refractivity contribution is 5.44. The van der Waals surface area contributed by atoms with Crippen molar-refractivity contribution in [2.24, 2.45) is 5.92 Å². The van der Waals surface area contributed by atoms with Crippen LogP contribution in [-0.2, 0) is 12.6 Å². The van der Waals surface area contributed by atoms with Gasteiger partial charge in [-0.3, -0.25) is 10.1 Å². The van der Waals surface area contributed by atoms with E-state index in [1.165, 1.54) is 6.07 Å². The molecular weight excluding hydrogens is 285 g/mol. The van der Waals surface area contributed by atoms with E-state index in [4.69, 9.17) is 0 Å². The number of nitrogens with one attached hydrogen (secondary N) is 1. The minimum Gasteiger partial charge on any atom is -0.314 e. The number of rotatable bonds is 6. The summed E-state index contributed by atoms with van der Waals surface area (Å²) in [4.78, 5) is 10.3. The fourth-order valence-corrected chi connectivity index (χ4v) is 2.49. The largest absolute Gasteiger partial charge is 0.416 e. The van der Waals surface area contributed by atoms with E-state index in [0.29, 0.717) is 24.0 Å². The van der Waals surface area contributed by atoms with Gasteiger partial charge in [-0.25, -0.2) is 0 Å². The predicted molar refractivity (Wildman–Crippen MR) is 72.0 cm³/mol. The molecule has 1 saturated carbocycles. The smallest absolute Gasteiger partial charge is 0.314 e. The maximum atomic E-state index is 12.6. The Morgan fingerprint density at radius 1 is 1.43 bits per heavy atom. The van der Waals surface area contributed by atoms with Gasteiger partial charge in [0.25, 0.3) is 5.69 Å². The zero-order valence-electron chi connectivity index (χ0n) is 11.6. The van der Waals surface area contributed by atoms with Crippen molar-refractivity contribution < 1.29 is 18.1 Å². The van der Waals surface area contributed by atoms with Gasteiger partial charge in [0.1, 0.15) is 0 Å². The van der Waals surface area contributed by atoms with Crippen LogP contribution < -0.4 is 5.32 Å². The highest BCUT2D eigenvalue weighted by Gasteiger charge is 2.35. The van der Waals surface area contributed by atoms with Crippen molar-refractivity contribution in [2.75, 3.05) is 6.54 Å². The summed E-state index contributed by atoms with van der Waals surface area (Å²) in [5.41, 5.74) is -1.08. The van der Waals surface area contributed by atoms with Crippen LogP contribution in [0.5, 0.6) is 0 Å². The lowest BCUT2D eigenvalue weighted by molar-refractivity contribution is -0.385. The Bertz CT molecular complexity index is 527. The minimum absolute atomic E-state index is 0.0884. The third-order valence-electron chi connectivity index (χ3n) is 3.71. The number of nitrogens with zero attached hydrogens (tertiary/aromatic N) is 1. The van der Waals surface area contributed by atoms with Crippen LogP contribution in [0.2, 0.25) is 0 Å². The van der Waals surface area contributed by atoms with E-state index in [1.807, 2.05) is 6.92 Å². The third kappa shape index (κ3) is 3.93. The SMILES string of the molecule is CCNC(Cc1ccc(C(F)(F)F)cc1[N+](=O)[O-])C1CC1. The number of likely N-dealkylation sites (N-methyl/N-ethyl adjacent to an activating group) is 1. The van der Waals surface area contributed by atoms with E-state index < -0.39 is 22.4 Å². The number of hydrogen-bond acceptors (Lipinski definition) is 3. The zero-order chi connectivity index (χ0) is 15.6. The molecule has 1 aliphatic rings. The van der Waals surface area contributed by atoms with Gasteiger partial charge in [0.05, 0.1) is 10.5 Å². The van der Waals surface area contributed by atoms with Gasteiger partial charge in [-0.15, -0.1) is 0 Å². The van der Waals surface area contributed by atoms with Crippen LogP contribution in [-0.4, -0.2) is 17.5 Å². The van der Waals surface area contributed by atoms with Crippen LogP contribution in [0.4, 0.5) is 18.9 Å². The van der Waals surface area contributed by atoms with Gasteiger partial charge in [-0.1, -0.05) is 13.0 Å². The average molecular weight is 302 g/mol. The van der Waals surface area contributed by atoms with E-state index in [9.17, 15) is 23.3 Å². The van der Waals surface area contributed by atoms with Crippen LogP contribution in [0, 0.1) is 16.0 Å². The first-order valence-corrected chi connectivity index (χ1v) is 6.90. The van der Waals surface area contributed by atoms with Crippen molar-refractivity contribution in [1.29, 1.82) is 0 Å². The molecule has 0 aliphatic heterocycles. The van der Waals surface area contributed by atoms with Crippen LogP contribution in [0.15, 0.2) is 18.2 Å². The van der Waals surface area contributed by atoms with Crippen molar-refractivity contribution in [1.82, 2.24) is 5.32 Å². The number of benzene rings is 1. The van der Waals surface area contributed by atoms with Crippen molar-refractivity contribution in [2.45, 2.75) is 38.4 Å². The third-order valence-corrected chi connectivity index (χ3v) is 3.71. The monoisotopic (exact) mass is 302 g/mol. The summed E-state index contributed by atoms with van der Waals surface area (Å²) in [5.74, 6) is 0.465. The molecule has 1 atom stereocenters. The van der Waals surface area contributed by atoms with E-state index in [1.54, 1.807) is 0 Å². The first kappa shape index (κ1) is 15.8. The second-order valence-corrected chi connectivity index (χ2v) is 5.30. The van der Waals surface area contributed by atoms with Gasteiger partial charge in [0, 0.05) is 17.7 Å². The minimum atomic E-state index is -4.57. The molecule has 0 amide bonds. The summed E-state index contributed by atoms with van der Waals surface area (Å²) in [6.07, 6.45) is -2.06. The van der Waals surface area contributed by atoms with Crippen LogP contribution in [0.3, 0.4) is 0 Å². The molecule has 0 bridgehead atoms. The molecule has 21 heavy (non-hydrogen) atoms. The molecule has 1 N–H and O–H groups in total. The Balaban J connectivity index is 2.27. The first-order valence-electron chi connectivity index (χ1n) is 6.90. The summed E-state index contributed by atoms with van der Waals surface area (Å²) in [5, 5.41) is 14.3. The lowest BCUT2D eigenvalue weighted by atomic mass is 9.99. The summed E-state index contributed by atoms with van der Waals surface area (Å²) in [6, 6.07) is 2.86. The normalized spacial score (nSPS) is 16.8. The predicted octanol–water partition coefficient (Wildman–Crippen LogP) is 3.54. The van der Waals surface area contributed by atoms with Crippen LogP contribution in [0.25, 0.3) is 0 Å². The lowest BCUT2D eigenvalue weighted by Gasteiger charge is -2.17. The number of alkyl halides is 3. The van der Waals surface area contributed by atoms with E-state index in [-0.39, 0.29) is 6.04 Å². The molecule has 116 valence electrons. The molecule has 1 aliphatic carbocycles. The molecule has 1 fully saturated rings. The van der Waals surface area contributed by atoms with Crippen molar-refractivity contribution >= 4 is 5.69 Å². The maximum Gasteiger partial charge on any atom is 0.416 e. The Kier molecular flexibility index (Phi) is 4.51. The molecule has 1 aromatic carbocycles. The Morgan fingerprint density at radius 3 is 2.57 bits per heavy atom. The molecule has 0 saturated heterocycles. The molecule has 0 aromatic heterocycles. The standard InChI is InChI=1S/C14H17F3N2O2/c1-2-18-12(9-3-4-9)7-10-5-6-11(14(15,16)17)8-13(10)19(20)21/h5-6,8-9,12,18H,2-4,7H2,1H3. The van der Waals surface area contributed by atoms with Gasteiger partial charge < -0.3 is 5.32 Å². The quantitative estimate of drug-likeness (QED) is 0.646. The molecule has 0 heterocycles. The summed E-state index contributed by atoms with van der Waals surface area (Å²) < 4.78 is 37.9. The van der Waals surface area contributed by atoms with E-state index >= 15 is 0 Å². The second kappa shape index (κ2) is 6.01. The Morgan fingerprint density at radius 2 is 2.10 bits per heavy atom. The molecule has 0 radical (unpaired) electrons. The molecule has 1 aromatic rings. The van der Waals surface area contributed by atoms with Crippen molar-refractivity contribution in [3.8, 4) is 0 Å². The van der Waals surface area contributed by atoms with Crippen molar-refractivity contribution in [3.05, 3.63) is 39.4 Å². The molecule has 2 rings (SSSR count). The fourth-order valence-electron chi connectivity index (χ4n) is 2.49. The van der Waals surface area contributed by atoms with E-state index in [0.717, 1.165) is 25.5 Å². The van der Waals surface area contributed by atoms with Gasteiger partial charge in [0.2, 0.25) is 0 Å². The summed E-state index contributed by atoms with van der Waals surface area (Å²) in [7, 11) is 0. The van der Waals surface area contributed by atoms with Gasteiger partial charge >= 0.3 is 6.18 Å². The van der Waals surface area contributed by atoms with Crippen molar-refractivity contribution in [3.63, 3.8) is 0 Å². The average Bonchev–Trinajstić information content (AvgIpc) is 3.21. The molecular formula is C14H17F3N2O2. The number of halogens is 3. The fraction of sp³-hybridized carbons (Fsp3) is 0.571. The van der Waals surface area contributed by atoms with Gasteiger partial charge in [0.15, 0.2) is 0 Å². The molecule has 0 spiro atoms. The zero-order valence-corrected chi connectivity index (χ0v) is 11.6. The summed E-state index contributed by atoms with van der Waals surface area (Å²) in [6.45, 7) is 2.67. The van der Waals surface area contributed by atoms with Crippen LogP contribution >= 0.6 is 0 Å². The van der Waals surface area contributed by atoms with Gasteiger partial charge in [-0.2, -0.15) is 13.2 Å². The molecule has 4 nitrogen and oxygen atoms in total. The topological polar surface area (TPSA) is 55.2 Å². The Labute approximate surface area is 120 Å². The molecule has 7 heteroatoms. The lowest BCUT2D eigenvalue weighted by Crippen LogP contribution is -2.33. The highest BCUT2D eigenvalue weighted by atomic mass is 19.4. The number of nitro groups is 1.